The van der Waals surface area contributed by atoms with Gasteiger partial charge in [0, 0.05) is 6.42 Å². The molecule has 1 amide bonds. The molecule has 392 valence electrons. The summed E-state index contributed by atoms with van der Waals surface area (Å²) in [4.78, 5) is 12.5. The molecule has 3 unspecified atom stereocenters. The summed E-state index contributed by atoms with van der Waals surface area (Å²) in [6, 6.07) is -0.825. The number of aliphatic hydroxyl groups is 3. The van der Waals surface area contributed by atoms with Gasteiger partial charge < -0.3 is 20.6 Å². The summed E-state index contributed by atoms with van der Waals surface area (Å²) in [5.74, 6) is -0.148. The lowest BCUT2D eigenvalue weighted by Crippen LogP contribution is -2.50. The number of allylic oxidation sites excluding steroid dienone is 4. The van der Waals surface area contributed by atoms with E-state index in [4.69, 9.17) is 0 Å². The maximum atomic E-state index is 12.5. The molecular formula is C61H119NO4. The van der Waals surface area contributed by atoms with Crippen molar-refractivity contribution < 1.29 is 20.1 Å². The number of carbonyl (C=O) groups excluding carboxylic acids is 1. The summed E-state index contributed by atoms with van der Waals surface area (Å²) in [7, 11) is 0. The molecule has 0 aromatic rings. The fourth-order valence-electron chi connectivity index (χ4n) is 9.63. The van der Waals surface area contributed by atoms with Crippen LogP contribution in [0, 0.1) is 0 Å². The molecule has 5 nitrogen and oxygen atoms in total. The van der Waals surface area contributed by atoms with Gasteiger partial charge in [0.2, 0.25) is 5.91 Å². The third kappa shape index (κ3) is 50.7. The van der Waals surface area contributed by atoms with E-state index in [0.29, 0.717) is 12.8 Å². The molecule has 0 radical (unpaired) electrons. The molecule has 0 aliphatic rings. The molecule has 0 rings (SSSR count). The highest BCUT2D eigenvalue weighted by Gasteiger charge is 2.26. The smallest absolute Gasteiger partial charge is 0.220 e. The summed E-state index contributed by atoms with van der Waals surface area (Å²) in [5, 5.41) is 33.8. The molecule has 0 aromatic carbocycles. The van der Waals surface area contributed by atoms with Crippen LogP contribution in [0.15, 0.2) is 24.3 Å². The van der Waals surface area contributed by atoms with E-state index >= 15 is 0 Å². The second-order valence-corrected chi connectivity index (χ2v) is 20.9. The van der Waals surface area contributed by atoms with Gasteiger partial charge in [0.25, 0.3) is 0 Å². The average Bonchev–Trinajstić information content (AvgIpc) is 3.32. The lowest BCUT2D eigenvalue weighted by atomic mass is 10.0. The fraction of sp³-hybridized carbons (Fsp3) is 0.918. The number of rotatable bonds is 56. The van der Waals surface area contributed by atoms with Crippen molar-refractivity contribution in [2.45, 2.75) is 353 Å². The predicted molar refractivity (Wildman–Crippen MR) is 292 cm³/mol. The van der Waals surface area contributed by atoms with Gasteiger partial charge >= 0.3 is 0 Å². The maximum Gasteiger partial charge on any atom is 0.220 e. The van der Waals surface area contributed by atoms with Gasteiger partial charge in [0.05, 0.1) is 18.8 Å². The molecule has 0 fully saturated rings. The molecule has 5 heteroatoms. The van der Waals surface area contributed by atoms with E-state index in [9.17, 15) is 20.1 Å². The molecular weight excluding hydrogens is 811 g/mol. The summed E-state index contributed by atoms with van der Waals surface area (Å²) in [5.41, 5.74) is 0. The van der Waals surface area contributed by atoms with E-state index in [1.165, 1.54) is 270 Å². The zero-order valence-corrected chi connectivity index (χ0v) is 44.9. The van der Waals surface area contributed by atoms with E-state index < -0.39 is 18.2 Å². The highest BCUT2D eigenvalue weighted by Crippen LogP contribution is 2.18. The zero-order valence-electron chi connectivity index (χ0n) is 44.9. The quantitative estimate of drug-likeness (QED) is 0.0361. The number of amides is 1. The van der Waals surface area contributed by atoms with E-state index in [1.54, 1.807) is 0 Å². The molecule has 0 heterocycles. The van der Waals surface area contributed by atoms with Crippen molar-refractivity contribution in [3.63, 3.8) is 0 Å². The fourth-order valence-corrected chi connectivity index (χ4v) is 9.63. The van der Waals surface area contributed by atoms with Crippen LogP contribution < -0.4 is 5.32 Å². The van der Waals surface area contributed by atoms with E-state index in [2.05, 4.69) is 43.5 Å². The Bertz CT molecular complexity index is 982. The topological polar surface area (TPSA) is 89.8 Å². The van der Waals surface area contributed by atoms with Gasteiger partial charge in [-0.1, -0.05) is 289 Å². The number of unbranched alkanes of at least 4 members (excludes halogenated alkanes) is 44. The van der Waals surface area contributed by atoms with Gasteiger partial charge in [-0.3, -0.25) is 4.79 Å². The summed E-state index contributed by atoms with van der Waals surface area (Å²) >= 11 is 0. The molecule has 0 saturated carbocycles. The third-order valence-corrected chi connectivity index (χ3v) is 14.3. The van der Waals surface area contributed by atoms with E-state index in [0.717, 1.165) is 38.5 Å². The second-order valence-electron chi connectivity index (χ2n) is 20.9. The van der Waals surface area contributed by atoms with E-state index in [1.807, 2.05) is 0 Å². The van der Waals surface area contributed by atoms with Gasteiger partial charge in [-0.05, 0) is 64.2 Å². The Morgan fingerprint density at radius 2 is 0.606 bits per heavy atom. The van der Waals surface area contributed by atoms with Gasteiger partial charge in [0.15, 0.2) is 0 Å². The number of nitrogens with one attached hydrogen (secondary N) is 1. The molecule has 0 bridgehead atoms. The Labute approximate surface area is 413 Å². The van der Waals surface area contributed by atoms with Crippen LogP contribution in [0.2, 0.25) is 0 Å². The highest BCUT2D eigenvalue weighted by atomic mass is 16.3. The molecule has 0 aromatic heterocycles. The van der Waals surface area contributed by atoms with Crippen LogP contribution in [0.25, 0.3) is 0 Å². The first-order chi connectivity index (χ1) is 32.6. The van der Waals surface area contributed by atoms with Crippen LogP contribution in [0.3, 0.4) is 0 Å². The van der Waals surface area contributed by atoms with Gasteiger partial charge in [-0.2, -0.15) is 0 Å². The zero-order chi connectivity index (χ0) is 47.9. The Morgan fingerprint density at radius 3 is 0.879 bits per heavy atom. The standard InChI is InChI=1S/C61H119NO4/c1-3-5-7-9-11-13-15-17-19-21-23-25-26-27-28-29-30-31-32-33-34-35-36-38-40-42-44-46-48-50-52-54-56-60(65)62-58(57-63)61(66)59(64)55-53-51-49-47-45-43-41-39-37-24-22-20-18-16-14-12-10-8-6-4-2/h27-28,47,49,58-59,61,63-64,66H,3-26,29-46,48,50-57H2,1-2H3,(H,62,65)/b28-27-,49-47+. The number of carbonyl (C=O) groups is 1. The molecule has 0 aliphatic carbocycles. The van der Waals surface area contributed by atoms with Crippen LogP contribution in [0.4, 0.5) is 0 Å². The molecule has 3 atom stereocenters. The summed E-state index contributed by atoms with van der Waals surface area (Å²) < 4.78 is 0. The van der Waals surface area contributed by atoms with Gasteiger partial charge in [-0.25, -0.2) is 0 Å². The number of aliphatic hydroxyl groups excluding tert-OH is 3. The van der Waals surface area contributed by atoms with Crippen molar-refractivity contribution in [2.75, 3.05) is 6.61 Å². The third-order valence-electron chi connectivity index (χ3n) is 14.3. The molecule has 0 spiro atoms. The van der Waals surface area contributed by atoms with Crippen LogP contribution in [-0.2, 0) is 4.79 Å². The minimum absolute atomic E-state index is 0.148. The van der Waals surface area contributed by atoms with Crippen molar-refractivity contribution in [2.24, 2.45) is 0 Å². The monoisotopic (exact) mass is 930 g/mol. The Morgan fingerprint density at radius 1 is 0.364 bits per heavy atom. The Hall–Kier alpha value is -1.17. The van der Waals surface area contributed by atoms with Crippen LogP contribution in [0.1, 0.15) is 335 Å². The maximum absolute atomic E-state index is 12.5. The highest BCUT2D eigenvalue weighted by molar-refractivity contribution is 5.76. The molecule has 0 saturated heterocycles. The van der Waals surface area contributed by atoms with Crippen LogP contribution in [-0.4, -0.2) is 46.1 Å². The minimum atomic E-state index is -1.16. The molecule has 4 N–H and O–H groups in total. The van der Waals surface area contributed by atoms with Crippen molar-refractivity contribution >= 4 is 5.91 Å². The van der Waals surface area contributed by atoms with E-state index in [-0.39, 0.29) is 12.5 Å². The van der Waals surface area contributed by atoms with Crippen molar-refractivity contribution in [3.05, 3.63) is 24.3 Å². The SMILES string of the molecule is CCCCCCCCCCCCCC/C=C\CCCCCCCCCCCCCCCCCCC(=O)NC(CO)C(O)C(O)CCC/C=C/CCCCCCCCCCCCCCCCC. The minimum Gasteiger partial charge on any atom is -0.394 e. The van der Waals surface area contributed by atoms with Gasteiger partial charge in [-0.15, -0.1) is 0 Å². The lowest BCUT2D eigenvalue weighted by Gasteiger charge is -2.26. The second kappa shape index (κ2) is 56.4. The lowest BCUT2D eigenvalue weighted by molar-refractivity contribution is -0.124. The van der Waals surface area contributed by atoms with Crippen molar-refractivity contribution in [1.29, 1.82) is 0 Å². The largest absolute Gasteiger partial charge is 0.394 e. The summed E-state index contributed by atoms with van der Waals surface area (Å²) in [6.07, 6.45) is 72.1. The van der Waals surface area contributed by atoms with Gasteiger partial charge in [0.1, 0.15) is 6.10 Å². The number of hydrogen-bond acceptors (Lipinski definition) is 4. The first-order valence-electron chi connectivity index (χ1n) is 30.1. The first kappa shape index (κ1) is 64.8. The Kier molecular flexibility index (Phi) is 55.4. The van der Waals surface area contributed by atoms with Crippen molar-refractivity contribution in [3.8, 4) is 0 Å². The molecule has 66 heavy (non-hydrogen) atoms. The van der Waals surface area contributed by atoms with Crippen molar-refractivity contribution in [1.82, 2.24) is 5.32 Å². The number of hydrogen-bond donors (Lipinski definition) is 4. The molecule has 0 aliphatic heterocycles. The van der Waals surface area contributed by atoms with Crippen LogP contribution in [0.5, 0.6) is 0 Å². The Balaban J connectivity index is 3.51. The van der Waals surface area contributed by atoms with Crippen LogP contribution >= 0.6 is 0 Å². The normalized spacial score (nSPS) is 13.3. The predicted octanol–water partition coefficient (Wildman–Crippen LogP) is 18.8. The summed E-state index contributed by atoms with van der Waals surface area (Å²) in [6.45, 7) is 4.21. The average molecular weight is 931 g/mol. The first-order valence-corrected chi connectivity index (χ1v) is 30.1.